The first-order chi connectivity index (χ1) is 34.4. The largest absolute Gasteiger partial charge is 0.484 e. The fourth-order valence-corrected chi connectivity index (χ4v) is 11.8. The first kappa shape index (κ1) is 49.6. The van der Waals surface area contributed by atoms with E-state index in [0.717, 1.165) is 82.0 Å². The van der Waals surface area contributed by atoms with Crippen molar-refractivity contribution in [3.05, 3.63) is 103 Å². The van der Waals surface area contributed by atoms with Crippen molar-refractivity contribution >= 4 is 57.3 Å². The lowest BCUT2D eigenvalue weighted by atomic mass is 9.83. The van der Waals surface area contributed by atoms with E-state index in [9.17, 15) is 28.8 Å². The predicted molar refractivity (Wildman–Crippen MR) is 270 cm³/mol. The number of ketones is 2. The van der Waals surface area contributed by atoms with Gasteiger partial charge in [0.2, 0.25) is 17.6 Å². The Hall–Kier alpha value is -6.40. The third-order valence-corrected chi connectivity index (χ3v) is 15.9. The van der Waals surface area contributed by atoms with Crippen LogP contribution in [-0.4, -0.2) is 122 Å². The molecule has 71 heavy (non-hydrogen) atoms. The molecule has 2 saturated heterocycles. The number of aryl methyl sites for hydroxylation is 1. The second-order valence-corrected chi connectivity index (χ2v) is 20.4. The molecule has 374 valence electrons. The quantitative estimate of drug-likeness (QED) is 0.107. The van der Waals surface area contributed by atoms with Gasteiger partial charge >= 0.3 is 0 Å². The molecular formula is C53H64N10O7S. The van der Waals surface area contributed by atoms with Crippen molar-refractivity contribution < 1.29 is 28.7 Å². The molecule has 6 heterocycles. The number of Topliss-reactive ketones (excluding diaryl/α,β-unsaturated/α-hetero) is 1. The summed E-state index contributed by atoms with van der Waals surface area (Å²) in [5, 5.41) is 9.21. The second kappa shape index (κ2) is 21.9. The topological polar surface area (TPSA) is 202 Å². The molecule has 2 aliphatic carbocycles. The van der Waals surface area contributed by atoms with Crippen LogP contribution in [0.15, 0.2) is 59.0 Å². The fourth-order valence-electron chi connectivity index (χ4n) is 10.8. The molecule has 0 unspecified atom stereocenters. The summed E-state index contributed by atoms with van der Waals surface area (Å²) in [5.74, 6) is 0.0746. The van der Waals surface area contributed by atoms with Gasteiger partial charge in [0.05, 0.1) is 36.0 Å². The minimum atomic E-state index is -0.602. The monoisotopic (exact) mass is 984 g/mol. The number of fused-ring (bicyclic) bond motifs is 1. The Bertz CT molecular complexity index is 2850. The first-order valence-electron chi connectivity index (χ1n) is 25.3. The highest BCUT2D eigenvalue weighted by atomic mass is 32.1. The van der Waals surface area contributed by atoms with Crippen LogP contribution in [0.4, 0.5) is 5.69 Å². The zero-order valence-electron chi connectivity index (χ0n) is 41.2. The van der Waals surface area contributed by atoms with E-state index in [0.29, 0.717) is 77.9 Å². The van der Waals surface area contributed by atoms with Gasteiger partial charge in [-0.25, -0.2) is 15.0 Å². The van der Waals surface area contributed by atoms with E-state index < -0.39 is 12.1 Å². The standard InChI is InChI=1S/C53H64N10O7S/c1-32-41-29-56-44(58-49(41)63(38-15-8-9-16-38)52(68)46(32)34(3)64)27-37-19-20-39(28-55-37)60-22-24-61(25-23-60)45(65)30-70-40-17-10-14-36(26-40)48(66)42-31-71-51(57-42)43-18-11-21-62(43)53(69)47(35-12-6-5-7-13-35)59-50(67)33(2)54-4/h10,14,17,19-20,26,28-29,31,33,35,38,43,47,54H,5-9,11-13,15-16,18,21-25,27,30H2,1-4H3,(H,59,67)/t33-,43-,47-/m0/s1. The highest BCUT2D eigenvalue weighted by molar-refractivity contribution is 7.10. The molecule has 3 atom stereocenters. The number of likely N-dealkylation sites (N-methyl/N-ethyl adjacent to an activating group) is 1. The number of anilines is 1. The number of ether oxygens (including phenoxy) is 1. The number of aromatic nitrogens is 5. The van der Waals surface area contributed by atoms with Crippen LogP contribution in [0.2, 0.25) is 0 Å². The Kier molecular flexibility index (Phi) is 15.3. The summed E-state index contributed by atoms with van der Waals surface area (Å²) in [4.78, 5) is 105. The number of piperazine rings is 1. The number of thiazole rings is 1. The Labute approximate surface area is 417 Å². The summed E-state index contributed by atoms with van der Waals surface area (Å²) in [6.07, 6.45) is 14.3. The molecule has 5 aromatic rings. The van der Waals surface area contributed by atoms with Gasteiger partial charge in [-0.05, 0) is 102 Å². The van der Waals surface area contributed by atoms with Gasteiger partial charge in [-0.15, -0.1) is 11.3 Å². The number of hydrogen-bond donors (Lipinski definition) is 2. The highest BCUT2D eigenvalue weighted by Crippen LogP contribution is 2.37. The molecule has 9 rings (SSSR count). The molecule has 1 aromatic carbocycles. The fraction of sp³-hybridized carbons (Fsp3) is 0.509. The number of nitrogens with zero attached hydrogens (tertiary/aromatic N) is 8. The Balaban J connectivity index is 0.774. The molecule has 4 fully saturated rings. The summed E-state index contributed by atoms with van der Waals surface area (Å²) < 4.78 is 7.68. The molecule has 0 bridgehead atoms. The SMILES string of the molecule is CN[C@@H](C)C(=O)N[C@H](C(=O)N1CCC[C@H]1c1nc(C(=O)c2cccc(OCC(=O)N3CCN(c4ccc(Cc5ncc6c(C)c(C(C)=O)c(=O)n(C7CCCC7)c6n5)nc4)CC3)c2)cs1)C1CCCCC1. The van der Waals surface area contributed by atoms with Crippen LogP contribution < -0.4 is 25.8 Å². The normalized spacial score (nSPS) is 18.7. The molecule has 4 aliphatic rings. The van der Waals surface area contributed by atoms with Gasteiger partial charge in [0.1, 0.15) is 34.0 Å². The number of benzene rings is 1. The highest BCUT2D eigenvalue weighted by Gasteiger charge is 2.40. The molecule has 18 heteroatoms. The smallest absolute Gasteiger partial charge is 0.263 e. The number of pyridine rings is 2. The number of carbonyl (C=O) groups is 5. The van der Waals surface area contributed by atoms with Crippen LogP contribution in [0.1, 0.15) is 145 Å². The van der Waals surface area contributed by atoms with Crippen LogP contribution in [0.25, 0.3) is 11.0 Å². The van der Waals surface area contributed by atoms with Crippen LogP contribution in [0, 0.1) is 12.8 Å². The maximum atomic E-state index is 14.2. The molecule has 0 radical (unpaired) electrons. The second-order valence-electron chi connectivity index (χ2n) is 19.5. The molecular weight excluding hydrogens is 921 g/mol. The summed E-state index contributed by atoms with van der Waals surface area (Å²) in [6.45, 7) is 7.63. The third-order valence-electron chi connectivity index (χ3n) is 15.0. The van der Waals surface area contributed by atoms with E-state index >= 15 is 0 Å². The van der Waals surface area contributed by atoms with Gasteiger partial charge in [0, 0.05) is 67.0 Å². The van der Waals surface area contributed by atoms with Gasteiger partial charge < -0.3 is 30.1 Å². The van der Waals surface area contributed by atoms with E-state index in [1.165, 1.54) is 18.3 Å². The predicted octanol–water partition coefficient (Wildman–Crippen LogP) is 6.16. The Morgan fingerprint density at radius 3 is 2.35 bits per heavy atom. The summed E-state index contributed by atoms with van der Waals surface area (Å²) in [5.41, 5.74) is 3.50. The first-order valence-corrected chi connectivity index (χ1v) is 26.2. The van der Waals surface area contributed by atoms with Gasteiger partial charge in [0.15, 0.2) is 12.4 Å². The van der Waals surface area contributed by atoms with E-state index in [2.05, 4.69) is 20.5 Å². The molecule has 3 amide bonds. The van der Waals surface area contributed by atoms with Gasteiger partial charge in [-0.3, -0.25) is 38.3 Å². The van der Waals surface area contributed by atoms with Crippen molar-refractivity contribution in [1.82, 2.24) is 44.9 Å². The number of likely N-dealkylation sites (tertiary alicyclic amines) is 1. The van der Waals surface area contributed by atoms with E-state index in [1.807, 2.05) is 23.2 Å². The molecule has 2 N–H and O–H groups in total. The average molecular weight is 985 g/mol. The molecule has 4 aromatic heterocycles. The van der Waals surface area contributed by atoms with Gasteiger partial charge in [-0.1, -0.05) is 44.2 Å². The summed E-state index contributed by atoms with van der Waals surface area (Å²) >= 11 is 1.37. The van der Waals surface area contributed by atoms with Crippen LogP contribution in [0.5, 0.6) is 5.75 Å². The Morgan fingerprint density at radius 1 is 0.873 bits per heavy atom. The van der Waals surface area contributed by atoms with Crippen molar-refractivity contribution in [1.29, 1.82) is 0 Å². The minimum absolute atomic E-state index is 0.00411. The van der Waals surface area contributed by atoms with Crippen molar-refractivity contribution in [2.45, 2.75) is 122 Å². The van der Waals surface area contributed by atoms with E-state index in [1.54, 1.807) is 66.2 Å². The minimum Gasteiger partial charge on any atom is -0.484 e. The number of nitrogens with one attached hydrogen (secondary N) is 2. The zero-order valence-corrected chi connectivity index (χ0v) is 42.0. The molecule has 2 aliphatic heterocycles. The lowest BCUT2D eigenvalue weighted by Crippen LogP contribution is -2.55. The van der Waals surface area contributed by atoms with E-state index in [-0.39, 0.29) is 70.7 Å². The average Bonchev–Trinajstić information content (AvgIpc) is 4.21. The van der Waals surface area contributed by atoms with Crippen molar-refractivity contribution in [3.8, 4) is 5.75 Å². The Morgan fingerprint density at radius 2 is 1.63 bits per heavy atom. The lowest BCUT2D eigenvalue weighted by Gasteiger charge is -2.35. The summed E-state index contributed by atoms with van der Waals surface area (Å²) in [6, 6.07) is 9.44. The number of amides is 3. The van der Waals surface area contributed by atoms with Crippen molar-refractivity contribution in [2.75, 3.05) is 51.3 Å². The number of hydrogen-bond acceptors (Lipinski definition) is 14. The van der Waals surface area contributed by atoms with Crippen LogP contribution in [0.3, 0.4) is 0 Å². The van der Waals surface area contributed by atoms with Crippen LogP contribution in [-0.2, 0) is 20.8 Å². The third kappa shape index (κ3) is 10.8. The van der Waals surface area contributed by atoms with Crippen LogP contribution >= 0.6 is 11.3 Å². The number of carbonyl (C=O) groups excluding carboxylic acids is 5. The van der Waals surface area contributed by atoms with Crippen molar-refractivity contribution in [2.24, 2.45) is 5.92 Å². The molecule has 2 saturated carbocycles. The lowest BCUT2D eigenvalue weighted by molar-refractivity contribution is -0.139. The number of rotatable bonds is 16. The van der Waals surface area contributed by atoms with Gasteiger partial charge in [-0.2, -0.15) is 0 Å². The van der Waals surface area contributed by atoms with E-state index in [4.69, 9.17) is 19.7 Å². The van der Waals surface area contributed by atoms with Gasteiger partial charge in [0.25, 0.3) is 11.5 Å². The zero-order chi connectivity index (χ0) is 49.8. The maximum Gasteiger partial charge on any atom is 0.263 e. The maximum absolute atomic E-state index is 14.2. The molecule has 17 nitrogen and oxygen atoms in total. The van der Waals surface area contributed by atoms with Crippen molar-refractivity contribution in [3.63, 3.8) is 0 Å². The molecule has 0 spiro atoms. The summed E-state index contributed by atoms with van der Waals surface area (Å²) in [7, 11) is 1.73.